The van der Waals surface area contributed by atoms with E-state index < -0.39 is 10.0 Å². The highest BCUT2D eigenvalue weighted by molar-refractivity contribution is 7.92. The smallest absolute Gasteiger partial charge is 0.261 e. The number of amides is 1. The molecule has 3 rings (SSSR count). The summed E-state index contributed by atoms with van der Waals surface area (Å²) in [5, 5.41) is 2.91. The molecule has 0 radical (unpaired) electrons. The predicted octanol–water partition coefficient (Wildman–Crippen LogP) is 2.25. The van der Waals surface area contributed by atoms with Crippen molar-refractivity contribution in [3.8, 4) is 5.75 Å². The summed E-state index contributed by atoms with van der Waals surface area (Å²) in [5.41, 5.74) is 0.872. The van der Waals surface area contributed by atoms with Crippen molar-refractivity contribution in [2.75, 3.05) is 58.1 Å². The van der Waals surface area contributed by atoms with Crippen LogP contribution in [0.1, 0.15) is 23.2 Å². The number of sulfonamides is 1. The Morgan fingerprint density at radius 3 is 2.25 bits per heavy atom. The Morgan fingerprint density at radius 2 is 1.62 bits per heavy atom. The quantitative estimate of drug-likeness (QED) is 0.529. The van der Waals surface area contributed by atoms with Gasteiger partial charge in [-0.25, -0.2) is 8.42 Å². The van der Waals surface area contributed by atoms with E-state index in [1.165, 1.54) is 24.3 Å². The number of ether oxygens (including phenoxy) is 1. The fourth-order valence-corrected chi connectivity index (χ4v) is 4.55. The van der Waals surface area contributed by atoms with Crippen LogP contribution in [0.2, 0.25) is 0 Å². The van der Waals surface area contributed by atoms with Gasteiger partial charge in [-0.2, -0.15) is 0 Å². The number of benzene rings is 2. The first-order valence-electron chi connectivity index (χ1n) is 10.8. The first-order chi connectivity index (χ1) is 15.4. The molecule has 1 amide bonds. The van der Waals surface area contributed by atoms with Crippen molar-refractivity contribution in [3.05, 3.63) is 54.1 Å². The Labute approximate surface area is 190 Å². The lowest BCUT2D eigenvalue weighted by Gasteiger charge is -2.32. The minimum absolute atomic E-state index is 0.0945. The van der Waals surface area contributed by atoms with Gasteiger partial charge in [0.25, 0.3) is 15.9 Å². The number of methoxy groups -OCH3 is 1. The van der Waals surface area contributed by atoms with E-state index in [2.05, 4.69) is 26.9 Å². The number of anilines is 1. The largest absolute Gasteiger partial charge is 0.497 e. The molecule has 174 valence electrons. The summed E-state index contributed by atoms with van der Waals surface area (Å²) in [5.74, 6) is 0.444. The monoisotopic (exact) mass is 460 g/mol. The Morgan fingerprint density at radius 1 is 0.969 bits per heavy atom. The standard InChI is InChI=1S/C23H32N4O4S/c1-26-15-17-27(18-16-26)14-4-3-13-24-23(28)19-5-11-22(12-6-19)32(29,30)25-20-7-9-21(31-2)10-8-20/h5-12,25H,3-4,13-18H2,1-2H3,(H,24,28). The van der Waals surface area contributed by atoms with Gasteiger partial charge in [-0.05, 0) is 75.0 Å². The van der Waals surface area contributed by atoms with Gasteiger partial charge in [0, 0.05) is 44.0 Å². The molecule has 2 N–H and O–H groups in total. The molecule has 9 heteroatoms. The van der Waals surface area contributed by atoms with Crippen molar-refractivity contribution >= 4 is 21.6 Å². The van der Waals surface area contributed by atoms with Crippen molar-refractivity contribution in [2.45, 2.75) is 17.7 Å². The summed E-state index contributed by atoms with van der Waals surface area (Å²) in [6.07, 6.45) is 1.95. The lowest BCUT2D eigenvalue weighted by atomic mass is 10.2. The van der Waals surface area contributed by atoms with Gasteiger partial charge in [0.15, 0.2) is 0 Å². The lowest BCUT2D eigenvalue weighted by Crippen LogP contribution is -2.44. The van der Waals surface area contributed by atoms with Gasteiger partial charge in [-0.15, -0.1) is 0 Å². The molecule has 1 heterocycles. The fourth-order valence-electron chi connectivity index (χ4n) is 3.49. The van der Waals surface area contributed by atoms with Crippen LogP contribution in [0.15, 0.2) is 53.4 Å². The molecule has 1 aliphatic rings. The molecule has 0 unspecified atom stereocenters. The van der Waals surface area contributed by atoms with Crippen molar-refractivity contribution in [1.29, 1.82) is 0 Å². The van der Waals surface area contributed by atoms with Crippen LogP contribution >= 0.6 is 0 Å². The van der Waals surface area contributed by atoms with Gasteiger partial charge in [0.05, 0.1) is 12.0 Å². The summed E-state index contributed by atoms with van der Waals surface area (Å²) in [4.78, 5) is 17.2. The van der Waals surface area contributed by atoms with E-state index in [0.717, 1.165) is 45.6 Å². The predicted molar refractivity (Wildman–Crippen MR) is 126 cm³/mol. The summed E-state index contributed by atoms with van der Waals surface area (Å²) in [6.45, 7) is 6.08. The van der Waals surface area contributed by atoms with Crippen LogP contribution in [0.3, 0.4) is 0 Å². The van der Waals surface area contributed by atoms with Crippen LogP contribution in [0.5, 0.6) is 5.75 Å². The number of hydrogen-bond donors (Lipinski definition) is 2. The number of nitrogens with zero attached hydrogens (tertiary/aromatic N) is 2. The molecular formula is C23H32N4O4S. The van der Waals surface area contributed by atoms with Crippen molar-refractivity contribution in [3.63, 3.8) is 0 Å². The highest BCUT2D eigenvalue weighted by Gasteiger charge is 2.16. The van der Waals surface area contributed by atoms with E-state index in [0.29, 0.717) is 23.5 Å². The molecule has 0 aliphatic carbocycles. The third kappa shape index (κ3) is 6.94. The maximum atomic E-state index is 12.6. The molecule has 8 nitrogen and oxygen atoms in total. The second-order valence-corrected chi connectivity index (χ2v) is 9.65. The van der Waals surface area contributed by atoms with Crippen LogP contribution in [-0.4, -0.2) is 77.6 Å². The van der Waals surface area contributed by atoms with E-state index in [1.54, 1.807) is 31.4 Å². The highest BCUT2D eigenvalue weighted by atomic mass is 32.2. The number of rotatable bonds is 10. The summed E-state index contributed by atoms with van der Waals surface area (Å²) in [7, 11) is -0.0519. The third-order valence-corrected chi connectivity index (χ3v) is 6.95. The van der Waals surface area contributed by atoms with Gasteiger partial charge < -0.3 is 19.9 Å². The maximum Gasteiger partial charge on any atom is 0.261 e. The van der Waals surface area contributed by atoms with Crippen molar-refractivity contribution in [1.82, 2.24) is 15.1 Å². The average molecular weight is 461 g/mol. The highest BCUT2D eigenvalue weighted by Crippen LogP contribution is 2.19. The number of carbonyl (C=O) groups excluding carboxylic acids is 1. The molecule has 1 aliphatic heterocycles. The maximum absolute atomic E-state index is 12.6. The fraction of sp³-hybridized carbons (Fsp3) is 0.435. The van der Waals surface area contributed by atoms with Crippen LogP contribution < -0.4 is 14.8 Å². The minimum atomic E-state index is -3.74. The first-order valence-corrected chi connectivity index (χ1v) is 12.3. The SMILES string of the molecule is COc1ccc(NS(=O)(=O)c2ccc(C(=O)NCCCCN3CCN(C)CC3)cc2)cc1. The van der Waals surface area contributed by atoms with Crippen LogP contribution in [0.4, 0.5) is 5.69 Å². The average Bonchev–Trinajstić information content (AvgIpc) is 2.80. The number of unbranched alkanes of at least 4 members (excludes halogenated alkanes) is 1. The van der Waals surface area contributed by atoms with Gasteiger partial charge >= 0.3 is 0 Å². The van der Waals surface area contributed by atoms with Gasteiger partial charge in [-0.1, -0.05) is 0 Å². The molecular weight excluding hydrogens is 428 g/mol. The number of likely N-dealkylation sites (N-methyl/N-ethyl adjacent to an activating group) is 1. The van der Waals surface area contributed by atoms with Crippen LogP contribution in [0.25, 0.3) is 0 Å². The molecule has 1 saturated heterocycles. The summed E-state index contributed by atoms with van der Waals surface area (Å²) in [6, 6.07) is 12.5. The Balaban J connectivity index is 1.44. The van der Waals surface area contributed by atoms with E-state index in [-0.39, 0.29) is 10.8 Å². The molecule has 0 atom stereocenters. The van der Waals surface area contributed by atoms with Crippen molar-refractivity contribution < 1.29 is 17.9 Å². The zero-order valence-corrected chi connectivity index (χ0v) is 19.5. The second kappa shape index (κ2) is 11.3. The Bertz CT molecular complexity index is 970. The first kappa shape index (κ1) is 24.0. The van der Waals surface area contributed by atoms with E-state index in [9.17, 15) is 13.2 Å². The molecule has 1 fully saturated rings. The van der Waals surface area contributed by atoms with Crippen molar-refractivity contribution in [2.24, 2.45) is 0 Å². The van der Waals surface area contributed by atoms with Gasteiger partial charge in [0.2, 0.25) is 0 Å². The number of hydrogen-bond acceptors (Lipinski definition) is 6. The molecule has 0 spiro atoms. The van der Waals surface area contributed by atoms with E-state index >= 15 is 0 Å². The van der Waals surface area contributed by atoms with Gasteiger partial charge in [0.1, 0.15) is 5.75 Å². The number of carbonyl (C=O) groups is 1. The normalized spacial score (nSPS) is 15.3. The molecule has 2 aromatic rings. The minimum Gasteiger partial charge on any atom is -0.497 e. The molecule has 32 heavy (non-hydrogen) atoms. The molecule has 0 saturated carbocycles. The molecule has 2 aromatic carbocycles. The van der Waals surface area contributed by atoms with Crippen LogP contribution in [-0.2, 0) is 10.0 Å². The topological polar surface area (TPSA) is 91.0 Å². The Hall–Kier alpha value is -2.62. The molecule has 0 aromatic heterocycles. The zero-order valence-electron chi connectivity index (χ0n) is 18.7. The zero-order chi connectivity index (χ0) is 23.0. The van der Waals surface area contributed by atoms with E-state index in [4.69, 9.17) is 4.74 Å². The third-order valence-electron chi connectivity index (χ3n) is 5.55. The number of nitrogens with one attached hydrogen (secondary N) is 2. The van der Waals surface area contributed by atoms with Crippen LogP contribution in [0, 0.1) is 0 Å². The van der Waals surface area contributed by atoms with E-state index in [1.807, 2.05) is 0 Å². The summed E-state index contributed by atoms with van der Waals surface area (Å²) < 4.78 is 32.8. The Kier molecular flexibility index (Phi) is 8.49. The summed E-state index contributed by atoms with van der Waals surface area (Å²) >= 11 is 0. The second-order valence-electron chi connectivity index (χ2n) is 7.97. The number of piperazine rings is 1. The lowest BCUT2D eigenvalue weighted by molar-refractivity contribution is 0.0951. The molecule has 0 bridgehead atoms. The van der Waals surface area contributed by atoms with Gasteiger partial charge in [-0.3, -0.25) is 9.52 Å².